The summed E-state index contributed by atoms with van der Waals surface area (Å²) in [6.45, 7) is 2.14. The van der Waals surface area contributed by atoms with E-state index < -0.39 is 0 Å². The number of halogens is 1. The summed E-state index contributed by atoms with van der Waals surface area (Å²) in [5, 5.41) is 0. The first kappa shape index (κ1) is 10.2. The number of hydrogen-bond acceptors (Lipinski definition) is 1. The van der Waals surface area contributed by atoms with Crippen LogP contribution in [-0.4, -0.2) is 10.9 Å². The third-order valence-corrected chi connectivity index (χ3v) is 3.37. The van der Waals surface area contributed by atoms with Crippen LogP contribution in [0.5, 0.6) is 0 Å². The molecule has 0 unspecified atom stereocenters. The Morgan fingerprint density at radius 1 is 1.21 bits per heavy atom. The normalized spacial score (nSPS) is 32.9. The van der Waals surface area contributed by atoms with Crippen LogP contribution >= 0.6 is 15.9 Å². The van der Waals surface area contributed by atoms with Crippen LogP contribution in [0, 0.1) is 0 Å². The summed E-state index contributed by atoms with van der Waals surface area (Å²) in [6, 6.07) is 10.5. The Bertz CT molecular complexity index is 276. The lowest BCUT2D eigenvalue weighted by molar-refractivity contribution is -0.0379. The van der Waals surface area contributed by atoms with Gasteiger partial charge in [0.1, 0.15) is 0 Å². The second-order valence-electron chi connectivity index (χ2n) is 3.91. The number of alkyl halides is 1. The quantitative estimate of drug-likeness (QED) is 0.695. The first-order chi connectivity index (χ1) is 6.75. The highest BCUT2D eigenvalue weighted by atomic mass is 79.9. The topological polar surface area (TPSA) is 9.23 Å². The number of benzene rings is 1. The molecule has 0 bridgehead atoms. The SMILES string of the molecule is C[C@@H]1C[C@H](Br)C[C@H](c2ccccc2)O1. The molecule has 1 aromatic carbocycles. The van der Waals surface area contributed by atoms with Crippen molar-refractivity contribution in [1.29, 1.82) is 0 Å². The average Bonchev–Trinajstić information content (AvgIpc) is 2.18. The molecule has 1 aliphatic heterocycles. The van der Waals surface area contributed by atoms with Crippen molar-refractivity contribution in [2.45, 2.75) is 36.8 Å². The van der Waals surface area contributed by atoms with E-state index in [0.29, 0.717) is 10.9 Å². The maximum absolute atomic E-state index is 5.91. The molecule has 0 amide bonds. The van der Waals surface area contributed by atoms with E-state index >= 15 is 0 Å². The van der Waals surface area contributed by atoms with Gasteiger partial charge in [0.25, 0.3) is 0 Å². The van der Waals surface area contributed by atoms with Crippen molar-refractivity contribution >= 4 is 15.9 Å². The van der Waals surface area contributed by atoms with Gasteiger partial charge in [-0.15, -0.1) is 0 Å². The van der Waals surface area contributed by atoms with Crippen molar-refractivity contribution in [3.05, 3.63) is 35.9 Å². The molecule has 1 nitrogen and oxygen atoms in total. The Hall–Kier alpha value is -0.340. The van der Waals surface area contributed by atoms with Gasteiger partial charge in [0.05, 0.1) is 12.2 Å². The Morgan fingerprint density at radius 2 is 1.93 bits per heavy atom. The first-order valence-electron chi connectivity index (χ1n) is 5.10. The molecule has 1 fully saturated rings. The lowest BCUT2D eigenvalue weighted by atomic mass is 9.99. The fourth-order valence-corrected chi connectivity index (χ4v) is 2.83. The van der Waals surface area contributed by atoms with Crippen LogP contribution in [0.15, 0.2) is 30.3 Å². The molecule has 1 heterocycles. The minimum absolute atomic E-state index is 0.268. The molecule has 3 atom stereocenters. The predicted molar refractivity (Wildman–Crippen MR) is 61.7 cm³/mol. The van der Waals surface area contributed by atoms with Crippen molar-refractivity contribution in [1.82, 2.24) is 0 Å². The highest BCUT2D eigenvalue weighted by Crippen LogP contribution is 2.34. The summed E-state index contributed by atoms with van der Waals surface area (Å²) in [7, 11) is 0. The first-order valence-corrected chi connectivity index (χ1v) is 6.02. The fraction of sp³-hybridized carbons (Fsp3) is 0.500. The van der Waals surface area contributed by atoms with Crippen molar-refractivity contribution < 1.29 is 4.74 Å². The van der Waals surface area contributed by atoms with Gasteiger partial charge in [-0.3, -0.25) is 0 Å². The molecule has 76 valence electrons. The maximum atomic E-state index is 5.91. The molecule has 0 aromatic heterocycles. The van der Waals surface area contributed by atoms with Crippen LogP contribution in [-0.2, 0) is 4.74 Å². The second-order valence-corrected chi connectivity index (χ2v) is 5.21. The van der Waals surface area contributed by atoms with Gasteiger partial charge >= 0.3 is 0 Å². The van der Waals surface area contributed by atoms with Gasteiger partial charge in [0, 0.05) is 4.83 Å². The number of ether oxygens (including phenoxy) is 1. The second kappa shape index (κ2) is 4.45. The van der Waals surface area contributed by atoms with E-state index in [9.17, 15) is 0 Å². The molecule has 14 heavy (non-hydrogen) atoms. The van der Waals surface area contributed by atoms with Gasteiger partial charge < -0.3 is 4.74 Å². The Labute approximate surface area is 93.6 Å². The van der Waals surface area contributed by atoms with Crippen molar-refractivity contribution in [3.63, 3.8) is 0 Å². The summed E-state index contributed by atoms with van der Waals surface area (Å²) < 4.78 is 5.91. The van der Waals surface area contributed by atoms with Crippen molar-refractivity contribution in [2.75, 3.05) is 0 Å². The van der Waals surface area contributed by atoms with Crippen LogP contribution in [0.1, 0.15) is 31.4 Å². The van der Waals surface area contributed by atoms with Crippen molar-refractivity contribution in [3.8, 4) is 0 Å². The monoisotopic (exact) mass is 254 g/mol. The molecule has 0 saturated carbocycles. The zero-order valence-electron chi connectivity index (χ0n) is 8.32. The summed E-state index contributed by atoms with van der Waals surface area (Å²) in [5.41, 5.74) is 1.29. The smallest absolute Gasteiger partial charge is 0.0839 e. The molecule has 2 rings (SSSR count). The summed E-state index contributed by atoms with van der Waals surface area (Å²) >= 11 is 3.69. The van der Waals surface area contributed by atoms with E-state index in [1.165, 1.54) is 5.56 Å². The molecule has 0 aliphatic carbocycles. The Balaban J connectivity index is 2.11. The summed E-state index contributed by atoms with van der Waals surface area (Å²) in [4.78, 5) is 0.594. The Morgan fingerprint density at radius 3 is 2.57 bits per heavy atom. The molecule has 1 saturated heterocycles. The highest BCUT2D eigenvalue weighted by molar-refractivity contribution is 9.09. The molecule has 0 N–H and O–H groups in total. The molecule has 0 spiro atoms. The van der Waals surface area contributed by atoms with Crippen LogP contribution in [0.3, 0.4) is 0 Å². The third-order valence-electron chi connectivity index (χ3n) is 2.63. The molecule has 1 aromatic rings. The highest BCUT2D eigenvalue weighted by Gasteiger charge is 2.26. The van der Waals surface area contributed by atoms with Crippen LogP contribution < -0.4 is 0 Å². The zero-order chi connectivity index (χ0) is 9.97. The van der Waals surface area contributed by atoms with Gasteiger partial charge in [-0.2, -0.15) is 0 Å². The van der Waals surface area contributed by atoms with Gasteiger partial charge in [0.15, 0.2) is 0 Å². The molecule has 0 radical (unpaired) electrons. The lowest BCUT2D eigenvalue weighted by Crippen LogP contribution is -2.26. The number of rotatable bonds is 1. The molecular weight excluding hydrogens is 240 g/mol. The number of hydrogen-bond donors (Lipinski definition) is 0. The van der Waals surface area contributed by atoms with E-state index in [4.69, 9.17) is 4.74 Å². The van der Waals surface area contributed by atoms with E-state index in [0.717, 1.165) is 12.8 Å². The van der Waals surface area contributed by atoms with Gasteiger partial charge in [-0.1, -0.05) is 46.3 Å². The van der Waals surface area contributed by atoms with Gasteiger partial charge in [0.2, 0.25) is 0 Å². The lowest BCUT2D eigenvalue weighted by Gasteiger charge is -2.31. The summed E-state index contributed by atoms with van der Waals surface area (Å²) in [6.07, 6.45) is 2.82. The van der Waals surface area contributed by atoms with E-state index in [-0.39, 0.29) is 6.10 Å². The maximum Gasteiger partial charge on any atom is 0.0839 e. The minimum atomic E-state index is 0.268. The van der Waals surface area contributed by atoms with Crippen molar-refractivity contribution in [2.24, 2.45) is 0 Å². The Kier molecular flexibility index (Phi) is 3.24. The minimum Gasteiger partial charge on any atom is -0.371 e. The van der Waals surface area contributed by atoms with E-state index in [1.54, 1.807) is 0 Å². The summed E-state index contributed by atoms with van der Waals surface area (Å²) in [5.74, 6) is 0. The molecular formula is C12H15BrO. The van der Waals surface area contributed by atoms with Crippen LogP contribution in [0.25, 0.3) is 0 Å². The molecule has 2 heteroatoms. The predicted octanol–water partition coefficient (Wildman–Crippen LogP) is 3.69. The van der Waals surface area contributed by atoms with Gasteiger partial charge in [-0.25, -0.2) is 0 Å². The largest absolute Gasteiger partial charge is 0.371 e. The van der Waals surface area contributed by atoms with E-state index in [2.05, 4.69) is 47.1 Å². The third kappa shape index (κ3) is 2.37. The standard InChI is InChI=1S/C12H15BrO/c1-9-7-11(13)8-12(14-9)10-5-3-2-4-6-10/h2-6,9,11-12H,7-8H2,1H3/t9-,11+,12-/m1/s1. The van der Waals surface area contributed by atoms with Crippen LogP contribution in [0.2, 0.25) is 0 Å². The fourth-order valence-electron chi connectivity index (χ4n) is 1.96. The van der Waals surface area contributed by atoms with Crippen LogP contribution in [0.4, 0.5) is 0 Å². The van der Waals surface area contributed by atoms with E-state index in [1.807, 2.05) is 6.07 Å². The molecule has 1 aliphatic rings. The average molecular weight is 255 g/mol. The van der Waals surface area contributed by atoms with Gasteiger partial charge in [-0.05, 0) is 25.3 Å². The zero-order valence-corrected chi connectivity index (χ0v) is 9.91.